The largest absolute Gasteiger partial charge is 0.510 e. The number of aliphatic hydroxyl groups excluding tert-OH is 2. The van der Waals surface area contributed by atoms with Crippen molar-refractivity contribution in [3.8, 4) is 17.6 Å². The minimum atomic E-state index is -2.71. The molecule has 0 spiro atoms. The number of ketones is 2. The number of rotatable bonds is 2. The van der Waals surface area contributed by atoms with Gasteiger partial charge in [-0.3, -0.25) is 19.3 Å². The molecule has 0 fully saturated rings. The summed E-state index contributed by atoms with van der Waals surface area (Å²) >= 11 is 0. The highest BCUT2D eigenvalue weighted by molar-refractivity contribution is 6.24. The van der Waals surface area contributed by atoms with Gasteiger partial charge in [0.1, 0.15) is 28.7 Å². The first kappa shape index (κ1) is 26.2. The van der Waals surface area contributed by atoms with Crippen LogP contribution in [0.3, 0.4) is 0 Å². The predicted molar refractivity (Wildman–Crippen MR) is 136 cm³/mol. The Balaban J connectivity index is 1.68. The molecule has 6 N–H and O–H groups in total. The Morgan fingerprint density at radius 3 is 2.38 bits per heavy atom. The molecule has 2 aromatic rings. The number of halogens is 1. The third kappa shape index (κ3) is 3.73. The monoisotopic (exact) mass is 532 g/mol. The van der Waals surface area contributed by atoms with Gasteiger partial charge >= 0.3 is 0 Å². The number of benzene rings is 2. The highest BCUT2D eigenvalue weighted by Crippen LogP contribution is 2.52. The molecule has 9 nitrogen and oxygen atoms in total. The van der Waals surface area contributed by atoms with Gasteiger partial charge in [-0.25, -0.2) is 4.39 Å². The summed E-state index contributed by atoms with van der Waals surface area (Å²) in [6.45, 7) is 0. The number of phenols is 1. The molecule has 200 valence electrons. The van der Waals surface area contributed by atoms with E-state index in [-0.39, 0.29) is 29.5 Å². The van der Waals surface area contributed by atoms with Crippen LogP contribution in [0.15, 0.2) is 59.1 Å². The average Bonchev–Trinajstić information content (AvgIpc) is 2.86. The number of aliphatic hydroxyl groups is 3. The summed E-state index contributed by atoms with van der Waals surface area (Å²) in [5, 5.41) is 44.4. The minimum absolute atomic E-state index is 0.0401. The van der Waals surface area contributed by atoms with Crippen LogP contribution in [-0.2, 0) is 16.0 Å². The Bertz CT molecular complexity index is 1600. The number of carbonyl (C=O) groups excluding carboxylic acids is 3. The number of hydrogen-bond acceptors (Lipinski definition) is 8. The zero-order valence-electron chi connectivity index (χ0n) is 21.0. The van der Waals surface area contributed by atoms with Crippen molar-refractivity contribution in [2.45, 2.75) is 24.5 Å². The standard InChI is InChI=1S/C29H25FN2O7/c1-32(2)23-17-12-15-11-16-13(7-8-14-5-3-4-6-18(14)30)9-10-19(33)21(16)24(34)20(15)26(36)29(17,39)27(37)22(25(23)35)28(31)38/h3-6,9-10,15,17,23,33,35-36,39H,11-12H2,1-2H3,(H2,31,38)/t15-,17-,23-,29-/m0/s1. The SMILES string of the molecule is CN(C)[C@@H]1C(O)=C(C(N)=O)C(=O)[C@@]2(O)C(O)=C3C(=O)c4c(O)ccc(C#Cc5ccccc5F)c4C[C@H]3C[C@@H]12. The van der Waals surface area contributed by atoms with Crippen molar-refractivity contribution in [1.29, 1.82) is 0 Å². The predicted octanol–water partition coefficient (Wildman–Crippen LogP) is 1.66. The van der Waals surface area contributed by atoms with Gasteiger partial charge in [0.15, 0.2) is 11.4 Å². The third-order valence-electron chi connectivity index (χ3n) is 7.81. The lowest BCUT2D eigenvalue weighted by Crippen LogP contribution is -2.63. The van der Waals surface area contributed by atoms with Crippen LogP contribution in [-0.4, -0.2) is 68.5 Å². The first-order valence-electron chi connectivity index (χ1n) is 12.2. The van der Waals surface area contributed by atoms with E-state index in [0.717, 1.165) is 0 Å². The van der Waals surface area contributed by atoms with Gasteiger partial charge in [-0.1, -0.05) is 24.0 Å². The lowest BCUT2D eigenvalue weighted by molar-refractivity contribution is -0.148. The van der Waals surface area contributed by atoms with Gasteiger partial charge in [-0.15, -0.1) is 0 Å². The van der Waals surface area contributed by atoms with E-state index in [4.69, 9.17) is 5.73 Å². The second-order valence-corrected chi connectivity index (χ2v) is 10.2. The molecule has 10 heteroatoms. The Kier molecular flexibility index (Phi) is 6.09. The van der Waals surface area contributed by atoms with Gasteiger partial charge < -0.3 is 26.2 Å². The summed E-state index contributed by atoms with van der Waals surface area (Å²) in [4.78, 5) is 40.6. The molecule has 3 aliphatic rings. The molecule has 0 saturated heterocycles. The number of likely N-dealkylation sites (N-methyl/N-ethyl adjacent to an activating group) is 1. The van der Waals surface area contributed by atoms with Gasteiger partial charge in [0.25, 0.3) is 5.91 Å². The van der Waals surface area contributed by atoms with Crippen molar-refractivity contribution in [3.63, 3.8) is 0 Å². The molecule has 3 aliphatic carbocycles. The topological polar surface area (TPSA) is 161 Å². The summed E-state index contributed by atoms with van der Waals surface area (Å²) in [7, 11) is 3.11. The quantitative estimate of drug-likeness (QED) is 0.288. The molecule has 1 amide bonds. The highest BCUT2D eigenvalue weighted by atomic mass is 19.1. The molecular weight excluding hydrogens is 507 g/mol. The fourth-order valence-electron chi connectivity index (χ4n) is 6.07. The second kappa shape index (κ2) is 9.08. The van der Waals surface area contributed by atoms with Crippen LogP contribution in [0.4, 0.5) is 4.39 Å². The number of nitrogens with two attached hydrogens (primary N) is 1. The maximum atomic E-state index is 14.1. The molecule has 0 aromatic heterocycles. The molecule has 39 heavy (non-hydrogen) atoms. The number of Topliss-reactive ketones (excluding diaryl/α,β-unsaturated/α-hetero) is 2. The summed E-state index contributed by atoms with van der Waals surface area (Å²) < 4.78 is 14.1. The van der Waals surface area contributed by atoms with Crippen LogP contribution in [0.1, 0.15) is 33.5 Å². The number of amides is 1. The Hall–Kier alpha value is -4.46. The smallest absolute Gasteiger partial charge is 0.255 e. The average molecular weight is 533 g/mol. The number of nitrogens with zero attached hydrogens (tertiary/aromatic N) is 1. The number of aromatic hydroxyl groups is 1. The number of carbonyl (C=O) groups is 3. The van der Waals surface area contributed by atoms with E-state index in [0.29, 0.717) is 11.1 Å². The molecule has 0 bridgehead atoms. The summed E-state index contributed by atoms with van der Waals surface area (Å²) in [6, 6.07) is 7.60. The Morgan fingerprint density at radius 1 is 1.08 bits per heavy atom. The molecule has 4 atom stereocenters. The first-order valence-corrected chi connectivity index (χ1v) is 12.2. The van der Waals surface area contributed by atoms with Gasteiger partial charge in [0.2, 0.25) is 5.78 Å². The number of primary amides is 1. The van der Waals surface area contributed by atoms with Crippen molar-refractivity contribution in [2.24, 2.45) is 17.6 Å². The number of hydrogen-bond donors (Lipinski definition) is 5. The summed E-state index contributed by atoms with van der Waals surface area (Å²) in [6.07, 6.45) is 0.0474. The van der Waals surface area contributed by atoms with E-state index in [9.17, 15) is 39.2 Å². The Morgan fingerprint density at radius 2 is 1.74 bits per heavy atom. The maximum absolute atomic E-state index is 14.1. The zero-order valence-corrected chi connectivity index (χ0v) is 21.0. The lowest BCUT2D eigenvalue weighted by atomic mass is 9.58. The molecule has 0 unspecified atom stereocenters. The lowest BCUT2D eigenvalue weighted by Gasteiger charge is -2.50. The van der Waals surface area contributed by atoms with Crippen LogP contribution in [0.25, 0.3) is 0 Å². The van der Waals surface area contributed by atoms with E-state index in [1.54, 1.807) is 20.2 Å². The van der Waals surface area contributed by atoms with Gasteiger partial charge in [-0.05, 0) is 62.7 Å². The Labute approximate surface area is 222 Å². The van der Waals surface area contributed by atoms with E-state index in [1.807, 2.05) is 0 Å². The molecule has 0 saturated carbocycles. The molecule has 0 heterocycles. The van der Waals surface area contributed by atoms with E-state index in [1.165, 1.54) is 35.2 Å². The second-order valence-electron chi connectivity index (χ2n) is 10.2. The minimum Gasteiger partial charge on any atom is -0.510 e. The zero-order chi connectivity index (χ0) is 28.4. The van der Waals surface area contributed by atoms with Gasteiger partial charge in [0, 0.05) is 17.1 Å². The molecule has 5 rings (SSSR count). The van der Waals surface area contributed by atoms with Crippen molar-refractivity contribution < 1.29 is 39.2 Å². The molecule has 0 aliphatic heterocycles. The number of fused-ring (bicyclic) bond motifs is 3. The van der Waals surface area contributed by atoms with Gasteiger partial charge in [0.05, 0.1) is 17.2 Å². The fraction of sp³-hybridized carbons (Fsp3) is 0.276. The maximum Gasteiger partial charge on any atom is 0.255 e. The number of phenolic OH excluding ortho intramolecular Hbond substituents is 1. The van der Waals surface area contributed by atoms with Crippen molar-refractivity contribution in [3.05, 3.63) is 87.1 Å². The third-order valence-corrected chi connectivity index (χ3v) is 7.81. The van der Waals surface area contributed by atoms with Crippen LogP contribution in [0.2, 0.25) is 0 Å². The summed E-state index contributed by atoms with van der Waals surface area (Å²) in [5.41, 5.74) is 2.23. The first-order chi connectivity index (χ1) is 18.4. The normalized spacial score (nSPS) is 26.0. The number of allylic oxidation sites excluding steroid dienone is 1. The van der Waals surface area contributed by atoms with Crippen LogP contribution in [0.5, 0.6) is 5.75 Å². The van der Waals surface area contributed by atoms with Crippen molar-refractivity contribution >= 4 is 17.5 Å². The fourth-order valence-corrected chi connectivity index (χ4v) is 6.07. The van der Waals surface area contributed by atoms with Crippen molar-refractivity contribution in [1.82, 2.24) is 4.90 Å². The molecule has 0 radical (unpaired) electrons. The van der Waals surface area contributed by atoms with E-state index in [2.05, 4.69) is 11.8 Å². The van der Waals surface area contributed by atoms with E-state index < -0.39 is 69.6 Å². The van der Waals surface area contributed by atoms with E-state index >= 15 is 0 Å². The van der Waals surface area contributed by atoms with Gasteiger partial charge in [-0.2, -0.15) is 0 Å². The van der Waals surface area contributed by atoms with Crippen LogP contribution >= 0.6 is 0 Å². The highest BCUT2D eigenvalue weighted by Gasteiger charge is 2.63. The van der Waals surface area contributed by atoms with Crippen LogP contribution in [0, 0.1) is 29.5 Å². The van der Waals surface area contributed by atoms with Crippen LogP contribution < -0.4 is 5.73 Å². The van der Waals surface area contributed by atoms with Crippen molar-refractivity contribution in [2.75, 3.05) is 14.1 Å². The summed E-state index contributed by atoms with van der Waals surface area (Å²) in [5.74, 6) is -2.14. The molecular formula is C29H25FN2O7. The molecule has 2 aromatic carbocycles.